The molecule has 0 spiro atoms. The van der Waals surface area contributed by atoms with Gasteiger partial charge < -0.3 is 14.6 Å². The van der Waals surface area contributed by atoms with E-state index in [0.717, 1.165) is 48.3 Å². The molecule has 0 radical (unpaired) electrons. The molecule has 6 heteroatoms. The molecule has 36 heavy (non-hydrogen) atoms. The third-order valence-electron chi connectivity index (χ3n) is 6.60. The van der Waals surface area contributed by atoms with Crippen LogP contribution in [0.1, 0.15) is 25.7 Å². The van der Waals surface area contributed by atoms with Crippen molar-refractivity contribution in [2.24, 2.45) is 0 Å². The number of ether oxygens (including phenoxy) is 2. The highest BCUT2D eigenvalue weighted by molar-refractivity contribution is 5.96. The number of benzene rings is 4. The molecule has 1 aliphatic heterocycles. The van der Waals surface area contributed by atoms with E-state index in [-0.39, 0.29) is 5.75 Å². The minimum atomic E-state index is -0.925. The van der Waals surface area contributed by atoms with Gasteiger partial charge in [-0.05, 0) is 97.5 Å². The zero-order valence-electron chi connectivity index (χ0n) is 20.1. The van der Waals surface area contributed by atoms with Crippen LogP contribution in [0.3, 0.4) is 0 Å². The van der Waals surface area contributed by atoms with Crippen LogP contribution in [0.15, 0.2) is 72.8 Å². The lowest BCUT2D eigenvalue weighted by atomic mass is 9.99. The number of phenolic OH excluding ortho intramolecular Hbond substituents is 1. The summed E-state index contributed by atoms with van der Waals surface area (Å²) >= 11 is 0. The van der Waals surface area contributed by atoms with Crippen molar-refractivity contribution < 1.29 is 23.4 Å². The molecule has 0 bridgehead atoms. The molecule has 1 saturated heterocycles. The van der Waals surface area contributed by atoms with Gasteiger partial charge in [0.15, 0.2) is 11.6 Å². The molecule has 5 rings (SSSR count). The third-order valence-corrected chi connectivity index (χ3v) is 6.60. The molecule has 0 unspecified atom stereocenters. The average Bonchev–Trinajstić information content (AvgIpc) is 3.16. The van der Waals surface area contributed by atoms with Crippen molar-refractivity contribution in [1.29, 1.82) is 0 Å². The molecule has 0 aliphatic carbocycles. The summed E-state index contributed by atoms with van der Waals surface area (Å²) in [5.41, 5.74) is 1.11. The molecule has 1 fully saturated rings. The van der Waals surface area contributed by atoms with Crippen LogP contribution in [-0.2, 0) is 0 Å². The van der Waals surface area contributed by atoms with Crippen molar-refractivity contribution in [3.05, 3.63) is 84.4 Å². The second-order valence-electron chi connectivity index (χ2n) is 9.15. The van der Waals surface area contributed by atoms with E-state index in [2.05, 4.69) is 4.90 Å². The number of halogens is 2. The lowest BCUT2D eigenvalue weighted by molar-refractivity contribution is 0.214. The van der Waals surface area contributed by atoms with Crippen molar-refractivity contribution in [2.45, 2.75) is 25.7 Å². The summed E-state index contributed by atoms with van der Waals surface area (Å²) in [6.45, 7) is 3.82. The van der Waals surface area contributed by atoms with E-state index in [1.807, 2.05) is 30.3 Å². The van der Waals surface area contributed by atoms with Gasteiger partial charge in [-0.15, -0.1) is 0 Å². The standard InChI is InChI=1S/C30H29F2NO3/c31-28-14-6-22(20-29(28)32)26-12-5-21-19-23(34)7-13-27(21)30(26)36-25-10-8-24(9-11-25)35-18-17-33-15-3-1-2-4-16-33/h5-14,19-20,34H,1-4,15-18H2. The van der Waals surface area contributed by atoms with Crippen LogP contribution in [0.2, 0.25) is 0 Å². The number of nitrogens with zero attached hydrogens (tertiary/aromatic N) is 1. The highest BCUT2D eigenvalue weighted by atomic mass is 19.2. The maximum absolute atomic E-state index is 14.0. The van der Waals surface area contributed by atoms with E-state index in [1.54, 1.807) is 24.3 Å². The summed E-state index contributed by atoms with van der Waals surface area (Å²) in [6, 6.07) is 19.7. The van der Waals surface area contributed by atoms with Gasteiger partial charge in [-0.2, -0.15) is 0 Å². The second kappa shape index (κ2) is 11.0. The Bertz CT molecular complexity index is 1330. The second-order valence-corrected chi connectivity index (χ2v) is 9.15. The molecule has 1 heterocycles. The molecule has 0 aromatic heterocycles. The van der Waals surface area contributed by atoms with Crippen LogP contribution in [0.25, 0.3) is 21.9 Å². The first-order valence-electron chi connectivity index (χ1n) is 12.4. The molecule has 0 saturated carbocycles. The van der Waals surface area contributed by atoms with Crippen molar-refractivity contribution >= 4 is 10.8 Å². The molecule has 186 valence electrons. The first-order valence-corrected chi connectivity index (χ1v) is 12.4. The van der Waals surface area contributed by atoms with Crippen LogP contribution < -0.4 is 9.47 Å². The molecule has 4 aromatic carbocycles. The van der Waals surface area contributed by atoms with Crippen molar-refractivity contribution in [2.75, 3.05) is 26.2 Å². The third kappa shape index (κ3) is 5.60. The number of phenols is 1. The van der Waals surface area contributed by atoms with Gasteiger partial charge in [-0.25, -0.2) is 8.78 Å². The maximum atomic E-state index is 14.0. The van der Waals surface area contributed by atoms with Gasteiger partial charge in [-0.1, -0.05) is 25.0 Å². The van der Waals surface area contributed by atoms with E-state index in [0.29, 0.717) is 29.2 Å². The summed E-state index contributed by atoms with van der Waals surface area (Å²) in [5.74, 6) is 0.147. The van der Waals surface area contributed by atoms with Gasteiger partial charge in [0, 0.05) is 17.5 Å². The quantitative estimate of drug-likeness (QED) is 0.291. The molecular formula is C30H29F2NO3. The van der Waals surface area contributed by atoms with Crippen LogP contribution >= 0.6 is 0 Å². The number of hydrogen-bond acceptors (Lipinski definition) is 4. The molecular weight excluding hydrogens is 460 g/mol. The van der Waals surface area contributed by atoms with Crippen LogP contribution in [0, 0.1) is 11.6 Å². The Morgan fingerprint density at radius 3 is 2.25 bits per heavy atom. The fraction of sp³-hybridized carbons (Fsp3) is 0.267. The van der Waals surface area contributed by atoms with Gasteiger partial charge in [0.1, 0.15) is 29.6 Å². The summed E-state index contributed by atoms with van der Waals surface area (Å²) in [6.07, 6.45) is 5.14. The molecule has 4 aromatic rings. The predicted octanol–water partition coefficient (Wildman–Crippen LogP) is 7.54. The topological polar surface area (TPSA) is 41.9 Å². The largest absolute Gasteiger partial charge is 0.508 e. The Labute approximate surface area is 209 Å². The molecule has 4 nitrogen and oxygen atoms in total. The van der Waals surface area contributed by atoms with Crippen LogP contribution in [0.5, 0.6) is 23.0 Å². The highest BCUT2D eigenvalue weighted by Crippen LogP contribution is 2.41. The zero-order valence-corrected chi connectivity index (χ0v) is 20.1. The fourth-order valence-corrected chi connectivity index (χ4v) is 4.66. The summed E-state index contributed by atoms with van der Waals surface area (Å²) < 4.78 is 39.8. The van der Waals surface area contributed by atoms with Gasteiger partial charge in [0.2, 0.25) is 0 Å². The smallest absolute Gasteiger partial charge is 0.159 e. The number of aromatic hydroxyl groups is 1. The molecule has 0 atom stereocenters. The Morgan fingerprint density at radius 1 is 0.750 bits per heavy atom. The van der Waals surface area contributed by atoms with Crippen LogP contribution in [0.4, 0.5) is 8.78 Å². The van der Waals surface area contributed by atoms with Crippen molar-refractivity contribution in [3.63, 3.8) is 0 Å². The zero-order chi connectivity index (χ0) is 24.9. The van der Waals surface area contributed by atoms with E-state index in [4.69, 9.17) is 9.47 Å². The SMILES string of the molecule is Oc1ccc2c(Oc3ccc(OCCN4CCCCCC4)cc3)c(-c3ccc(F)c(F)c3)ccc2c1. The van der Waals surface area contributed by atoms with E-state index >= 15 is 0 Å². The van der Waals surface area contributed by atoms with E-state index < -0.39 is 11.6 Å². The first-order chi connectivity index (χ1) is 17.6. The normalized spacial score (nSPS) is 14.5. The van der Waals surface area contributed by atoms with Gasteiger partial charge in [-0.3, -0.25) is 4.90 Å². The number of fused-ring (bicyclic) bond motifs is 1. The van der Waals surface area contributed by atoms with Crippen molar-refractivity contribution in [3.8, 4) is 34.1 Å². The monoisotopic (exact) mass is 489 g/mol. The lowest BCUT2D eigenvalue weighted by Gasteiger charge is -2.19. The Balaban J connectivity index is 1.36. The minimum Gasteiger partial charge on any atom is -0.508 e. The fourth-order valence-electron chi connectivity index (χ4n) is 4.66. The summed E-state index contributed by atoms with van der Waals surface area (Å²) in [4.78, 5) is 2.46. The Morgan fingerprint density at radius 2 is 1.50 bits per heavy atom. The molecule has 1 N–H and O–H groups in total. The Hall–Kier alpha value is -3.64. The first kappa shape index (κ1) is 24.1. The Kier molecular flexibility index (Phi) is 7.33. The lowest BCUT2D eigenvalue weighted by Crippen LogP contribution is -2.29. The van der Waals surface area contributed by atoms with Gasteiger partial charge in [0.25, 0.3) is 0 Å². The maximum Gasteiger partial charge on any atom is 0.159 e. The molecule has 0 amide bonds. The van der Waals surface area contributed by atoms with Gasteiger partial charge >= 0.3 is 0 Å². The van der Waals surface area contributed by atoms with Crippen LogP contribution in [-0.4, -0.2) is 36.2 Å². The minimum absolute atomic E-state index is 0.135. The summed E-state index contributed by atoms with van der Waals surface area (Å²) in [7, 11) is 0. The summed E-state index contributed by atoms with van der Waals surface area (Å²) in [5, 5.41) is 11.4. The number of hydrogen-bond donors (Lipinski definition) is 1. The van der Waals surface area contributed by atoms with Crippen molar-refractivity contribution in [1.82, 2.24) is 4.90 Å². The average molecular weight is 490 g/mol. The van der Waals surface area contributed by atoms with E-state index in [9.17, 15) is 13.9 Å². The number of rotatable bonds is 7. The molecule has 1 aliphatic rings. The van der Waals surface area contributed by atoms with Gasteiger partial charge in [0.05, 0.1) is 0 Å². The predicted molar refractivity (Wildman–Crippen MR) is 138 cm³/mol. The number of likely N-dealkylation sites (tertiary alicyclic amines) is 1. The highest BCUT2D eigenvalue weighted by Gasteiger charge is 2.15. The van der Waals surface area contributed by atoms with E-state index in [1.165, 1.54) is 31.7 Å².